The Kier molecular flexibility index (Phi) is 4.73. The molecule has 5 nitrogen and oxygen atoms in total. The van der Waals surface area contributed by atoms with Gasteiger partial charge >= 0.3 is 5.97 Å². The molecular weight excluding hydrogens is 324 g/mol. The number of nitriles is 1. The van der Waals surface area contributed by atoms with E-state index >= 15 is 0 Å². The summed E-state index contributed by atoms with van der Waals surface area (Å²) in [6, 6.07) is 13.1. The first-order valence-corrected chi connectivity index (χ1v) is 8.27. The van der Waals surface area contributed by atoms with Crippen LogP contribution in [0, 0.1) is 11.3 Å². The number of ether oxygens (including phenoxy) is 1. The minimum Gasteiger partial charge on any atom is -0.462 e. The number of thiazole rings is 1. The van der Waals surface area contributed by atoms with Gasteiger partial charge in [-0.15, -0.1) is 11.3 Å². The fourth-order valence-electron chi connectivity index (χ4n) is 2.07. The zero-order chi connectivity index (χ0) is 16.9. The van der Waals surface area contributed by atoms with Gasteiger partial charge in [0, 0.05) is 6.08 Å². The van der Waals surface area contributed by atoms with Gasteiger partial charge in [-0.3, -0.25) is 0 Å². The summed E-state index contributed by atoms with van der Waals surface area (Å²) in [5, 5.41) is 9.86. The highest BCUT2D eigenvalue weighted by atomic mass is 32.1. The second kappa shape index (κ2) is 7.11. The summed E-state index contributed by atoms with van der Waals surface area (Å²) in [5.41, 5.74) is 0.820. The van der Waals surface area contributed by atoms with Crippen LogP contribution in [0.3, 0.4) is 0 Å². The van der Waals surface area contributed by atoms with Crippen molar-refractivity contribution in [2.75, 3.05) is 6.61 Å². The Hall–Kier alpha value is -2.91. The molecule has 0 unspecified atom stereocenters. The zero-order valence-electron chi connectivity index (χ0n) is 13.0. The summed E-state index contributed by atoms with van der Waals surface area (Å²) in [7, 11) is 0. The molecule has 0 atom stereocenters. The number of furan rings is 1. The van der Waals surface area contributed by atoms with Crippen molar-refractivity contribution in [2.45, 2.75) is 13.3 Å². The number of carbonyl (C=O) groups excluding carboxylic acids is 1. The maximum atomic E-state index is 11.8. The number of rotatable bonds is 5. The van der Waals surface area contributed by atoms with Crippen LogP contribution in [0.2, 0.25) is 0 Å². The van der Waals surface area contributed by atoms with Crippen molar-refractivity contribution in [2.24, 2.45) is 0 Å². The van der Waals surface area contributed by atoms with E-state index in [4.69, 9.17) is 14.4 Å². The predicted molar refractivity (Wildman–Crippen MR) is 92.2 cm³/mol. The van der Waals surface area contributed by atoms with E-state index < -0.39 is 5.97 Å². The van der Waals surface area contributed by atoms with Crippen LogP contribution < -0.4 is 0 Å². The summed E-state index contributed by atoms with van der Waals surface area (Å²) in [6.07, 6.45) is 2.09. The highest BCUT2D eigenvalue weighted by Gasteiger charge is 2.13. The topological polar surface area (TPSA) is 76.1 Å². The summed E-state index contributed by atoms with van der Waals surface area (Å²) >= 11 is 1.52. The van der Waals surface area contributed by atoms with Crippen molar-refractivity contribution in [3.63, 3.8) is 0 Å². The number of hydrogen-bond donors (Lipinski definition) is 0. The highest BCUT2D eigenvalue weighted by Crippen LogP contribution is 2.31. The molecule has 1 aromatic carbocycles. The first-order chi connectivity index (χ1) is 11.7. The van der Waals surface area contributed by atoms with Gasteiger partial charge in [-0.1, -0.05) is 19.1 Å². The van der Waals surface area contributed by atoms with Crippen molar-refractivity contribution in [1.29, 1.82) is 5.26 Å². The lowest BCUT2D eigenvalue weighted by atomic mass is 10.2. The number of fused-ring (bicyclic) bond motifs is 1. The fourth-order valence-corrected chi connectivity index (χ4v) is 3.00. The van der Waals surface area contributed by atoms with Crippen LogP contribution in [0.25, 0.3) is 27.1 Å². The highest BCUT2D eigenvalue weighted by molar-refractivity contribution is 7.21. The van der Waals surface area contributed by atoms with E-state index in [-0.39, 0.29) is 12.2 Å². The first-order valence-electron chi connectivity index (χ1n) is 7.46. The first kappa shape index (κ1) is 16.0. The Balaban J connectivity index is 1.85. The molecule has 0 aliphatic carbocycles. The minimum atomic E-state index is -0.641. The molecule has 2 aromatic heterocycles. The standard InChI is InChI=1S/C18H14N2O3S/c1-2-9-22-18(21)12(11-19)10-13-7-8-15(23-13)17-20-14-5-3-4-6-16(14)24-17/h3-8,10H,2,9H2,1H3. The number of aromatic nitrogens is 1. The molecule has 3 aromatic rings. The van der Waals surface area contributed by atoms with Crippen LogP contribution in [0.15, 0.2) is 46.4 Å². The molecular formula is C18H14N2O3S. The Morgan fingerprint density at radius 2 is 2.21 bits per heavy atom. The smallest absolute Gasteiger partial charge is 0.349 e. The molecule has 6 heteroatoms. The van der Waals surface area contributed by atoms with E-state index in [0.717, 1.165) is 15.2 Å². The van der Waals surface area contributed by atoms with Gasteiger partial charge in [0.05, 0.1) is 16.8 Å². The largest absolute Gasteiger partial charge is 0.462 e. The number of benzene rings is 1. The molecule has 0 N–H and O–H groups in total. The molecule has 0 saturated heterocycles. The van der Waals surface area contributed by atoms with Crippen LogP contribution >= 0.6 is 11.3 Å². The Morgan fingerprint density at radius 1 is 1.38 bits per heavy atom. The quantitative estimate of drug-likeness (QED) is 0.391. The second-order valence-corrected chi connectivity index (χ2v) is 6.03. The van der Waals surface area contributed by atoms with Crippen molar-refractivity contribution in [1.82, 2.24) is 4.98 Å². The maximum Gasteiger partial charge on any atom is 0.349 e. The number of hydrogen-bond acceptors (Lipinski definition) is 6. The van der Waals surface area contributed by atoms with Gasteiger partial charge in [0.2, 0.25) is 0 Å². The molecule has 0 amide bonds. The normalized spacial score (nSPS) is 11.4. The monoisotopic (exact) mass is 338 g/mol. The molecule has 120 valence electrons. The SMILES string of the molecule is CCCOC(=O)C(C#N)=Cc1ccc(-c2nc3ccccc3s2)o1. The lowest BCUT2D eigenvalue weighted by Crippen LogP contribution is -2.07. The van der Waals surface area contributed by atoms with Gasteiger partial charge < -0.3 is 9.15 Å². The van der Waals surface area contributed by atoms with Gasteiger partial charge in [0.25, 0.3) is 0 Å². The molecule has 2 heterocycles. The molecule has 0 saturated carbocycles. The minimum absolute atomic E-state index is 0.0892. The van der Waals surface area contributed by atoms with Crippen LogP contribution in [-0.4, -0.2) is 17.6 Å². The molecule has 0 aliphatic heterocycles. The van der Waals surface area contributed by atoms with E-state index in [2.05, 4.69) is 4.98 Å². The molecule has 0 spiro atoms. The van der Waals surface area contributed by atoms with Crippen LogP contribution in [-0.2, 0) is 9.53 Å². The second-order valence-electron chi connectivity index (χ2n) is 4.99. The van der Waals surface area contributed by atoms with Crippen LogP contribution in [0.4, 0.5) is 0 Å². The molecule has 0 aliphatic rings. The number of nitrogens with zero attached hydrogens (tertiary/aromatic N) is 2. The summed E-state index contributed by atoms with van der Waals surface area (Å²) < 4.78 is 11.7. The zero-order valence-corrected chi connectivity index (χ0v) is 13.8. The van der Waals surface area contributed by atoms with E-state index in [1.807, 2.05) is 37.3 Å². The van der Waals surface area contributed by atoms with E-state index in [1.54, 1.807) is 12.1 Å². The van der Waals surface area contributed by atoms with Gasteiger partial charge in [0.1, 0.15) is 17.4 Å². The van der Waals surface area contributed by atoms with E-state index in [1.165, 1.54) is 17.4 Å². The number of carbonyl (C=O) groups is 1. The van der Waals surface area contributed by atoms with Crippen molar-refractivity contribution in [3.8, 4) is 16.8 Å². The lowest BCUT2D eigenvalue weighted by Gasteiger charge is -2.00. The van der Waals surface area contributed by atoms with E-state index in [0.29, 0.717) is 17.9 Å². The molecule has 24 heavy (non-hydrogen) atoms. The fraction of sp³-hybridized carbons (Fsp3) is 0.167. The molecule has 0 fully saturated rings. The molecule has 0 bridgehead atoms. The van der Waals surface area contributed by atoms with Gasteiger partial charge in [-0.25, -0.2) is 9.78 Å². The molecule has 0 radical (unpaired) electrons. The number of para-hydroxylation sites is 1. The Labute approximate surface area is 142 Å². The molecule has 3 rings (SSSR count). The third kappa shape index (κ3) is 3.36. The van der Waals surface area contributed by atoms with Crippen molar-refractivity contribution < 1.29 is 13.9 Å². The number of esters is 1. The van der Waals surface area contributed by atoms with Gasteiger partial charge in [0.15, 0.2) is 10.8 Å². The lowest BCUT2D eigenvalue weighted by molar-refractivity contribution is -0.138. The van der Waals surface area contributed by atoms with Gasteiger partial charge in [-0.05, 0) is 30.7 Å². The van der Waals surface area contributed by atoms with Gasteiger partial charge in [-0.2, -0.15) is 5.26 Å². The van der Waals surface area contributed by atoms with Crippen molar-refractivity contribution in [3.05, 3.63) is 47.7 Å². The summed E-state index contributed by atoms with van der Waals surface area (Å²) in [5.74, 6) is 0.369. The Bertz CT molecular complexity index is 913. The summed E-state index contributed by atoms with van der Waals surface area (Å²) in [6.45, 7) is 2.17. The van der Waals surface area contributed by atoms with Crippen molar-refractivity contribution >= 4 is 33.6 Å². The third-order valence-electron chi connectivity index (χ3n) is 3.20. The van der Waals surface area contributed by atoms with Crippen LogP contribution in [0.5, 0.6) is 0 Å². The third-order valence-corrected chi connectivity index (χ3v) is 4.25. The maximum absolute atomic E-state index is 11.8. The average Bonchev–Trinajstić information content (AvgIpc) is 3.23. The summed E-state index contributed by atoms with van der Waals surface area (Å²) in [4.78, 5) is 16.3. The van der Waals surface area contributed by atoms with E-state index in [9.17, 15) is 4.79 Å². The van der Waals surface area contributed by atoms with Crippen LogP contribution in [0.1, 0.15) is 19.1 Å². The Morgan fingerprint density at radius 3 is 2.96 bits per heavy atom. The average molecular weight is 338 g/mol. The predicted octanol–water partition coefficient (Wildman–Crippen LogP) is 4.42.